The summed E-state index contributed by atoms with van der Waals surface area (Å²) in [5, 5.41) is 6.72. The van der Waals surface area contributed by atoms with Crippen LogP contribution in [0.4, 0.5) is 0 Å². The molecule has 1 aliphatic carbocycles. The number of rotatable bonds is 7. The van der Waals surface area contributed by atoms with E-state index >= 15 is 0 Å². The molecule has 2 N–H and O–H groups in total. The molecule has 1 aromatic carbocycles. The van der Waals surface area contributed by atoms with Crippen LogP contribution in [0.25, 0.3) is 0 Å². The Morgan fingerprint density at radius 1 is 1.28 bits per heavy atom. The van der Waals surface area contributed by atoms with Gasteiger partial charge in [0.2, 0.25) is 11.8 Å². The highest BCUT2D eigenvalue weighted by Gasteiger charge is 2.39. The molecule has 2 amide bonds. The lowest BCUT2D eigenvalue weighted by Crippen LogP contribution is -2.42. The maximum absolute atomic E-state index is 12.2. The van der Waals surface area contributed by atoms with Crippen molar-refractivity contribution in [3.63, 3.8) is 0 Å². The Bertz CT molecular complexity index is 721. The third kappa shape index (κ3) is 6.87. The van der Waals surface area contributed by atoms with E-state index < -0.39 is 0 Å². The zero-order valence-corrected chi connectivity index (χ0v) is 19.8. The second-order valence-corrected chi connectivity index (χ2v) is 7.96. The number of carbonyl (C=O) groups excluding carboxylic acids is 2. The maximum Gasteiger partial charge on any atom is 0.243 e. The summed E-state index contributed by atoms with van der Waals surface area (Å²) >= 11 is 0. The van der Waals surface area contributed by atoms with Crippen molar-refractivity contribution in [1.29, 1.82) is 0 Å². The van der Waals surface area contributed by atoms with Crippen LogP contribution in [0.2, 0.25) is 0 Å². The molecule has 2 unspecified atom stereocenters. The zero-order valence-electron chi connectivity index (χ0n) is 17.4. The Kier molecular flexibility index (Phi) is 8.73. The summed E-state index contributed by atoms with van der Waals surface area (Å²) in [6, 6.07) is 10.6. The van der Waals surface area contributed by atoms with Gasteiger partial charge in [-0.1, -0.05) is 30.3 Å². The number of carbonyl (C=O) groups is 2. The smallest absolute Gasteiger partial charge is 0.243 e. The number of guanidine groups is 1. The molecule has 160 valence electrons. The standard InChI is InChI=1S/C21H31N5O2.HI/c1-15(17-7-5-4-6-8-17)24-21(23-13-20(28)25(2)3)22-12-16-11-19(27)26(14-16)18-9-10-18;/h4-8,15-16,18H,9-14H2,1-3H3,(H2,22,23,24);1H. The molecule has 8 heteroatoms. The minimum atomic E-state index is -0.0515. The van der Waals surface area contributed by atoms with Gasteiger partial charge in [-0.25, -0.2) is 4.99 Å². The van der Waals surface area contributed by atoms with E-state index in [-0.39, 0.29) is 54.3 Å². The highest BCUT2D eigenvalue weighted by atomic mass is 127. The number of amides is 2. The van der Waals surface area contributed by atoms with Gasteiger partial charge in [-0.2, -0.15) is 0 Å². The van der Waals surface area contributed by atoms with Gasteiger partial charge < -0.3 is 20.4 Å². The second kappa shape index (κ2) is 10.8. The number of hydrogen-bond donors (Lipinski definition) is 2. The van der Waals surface area contributed by atoms with E-state index in [9.17, 15) is 9.59 Å². The van der Waals surface area contributed by atoms with Crippen LogP contribution in [0.5, 0.6) is 0 Å². The van der Waals surface area contributed by atoms with Crippen LogP contribution in [0.3, 0.4) is 0 Å². The summed E-state index contributed by atoms with van der Waals surface area (Å²) in [7, 11) is 3.45. The number of benzene rings is 1. The molecular formula is C21H32IN5O2. The second-order valence-electron chi connectivity index (χ2n) is 7.96. The van der Waals surface area contributed by atoms with Crippen LogP contribution >= 0.6 is 24.0 Å². The highest BCUT2D eigenvalue weighted by Crippen LogP contribution is 2.32. The van der Waals surface area contributed by atoms with E-state index in [1.54, 1.807) is 14.1 Å². The molecule has 1 aliphatic heterocycles. The normalized spacial score (nSPS) is 20.1. The molecular weight excluding hydrogens is 481 g/mol. The van der Waals surface area contributed by atoms with Gasteiger partial charge in [0.05, 0.1) is 6.04 Å². The molecule has 1 saturated carbocycles. The Balaban J connectivity index is 0.00000300. The summed E-state index contributed by atoms with van der Waals surface area (Å²) < 4.78 is 0. The van der Waals surface area contributed by atoms with Crippen LogP contribution in [0.1, 0.15) is 37.8 Å². The molecule has 1 saturated heterocycles. The molecule has 0 aromatic heterocycles. The predicted molar refractivity (Wildman–Crippen MR) is 125 cm³/mol. The van der Waals surface area contributed by atoms with Crippen LogP contribution in [-0.2, 0) is 9.59 Å². The first-order valence-corrected chi connectivity index (χ1v) is 10.0. The fraction of sp³-hybridized carbons (Fsp3) is 0.571. The monoisotopic (exact) mass is 513 g/mol. The van der Waals surface area contributed by atoms with Crippen LogP contribution in [-0.4, -0.2) is 67.3 Å². The molecule has 29 heavy (non-hydrogen) atoms. The number of hydrogen-bond acceptors (Lipinski definition) is 3. The summed E-state index contributed by atoms with van der Waals surface area (Å²) in [4.78, 5) is 32.1. The molecule has 7 nitrogen and oxygen atoms in total. The molecule has 0 bridgehead atoms. The van der Waals surface area contributed by atoms with Gasteiger partial charge in [-0.15, -0.1) is 24.0 Å². The number of aliphatic imine (C=N–C) groups is 1. The zero-order chi connectivity index (χ0) is 20.1. The first kappa shape index (κ1) is 23.4. The molecule has 3 rings (SSSR count). The summed E-state index contributed by atoms with van der Waals surface area (Å²) in [5.41, 5.74) is 1.15. The van der Waals surface area contributed by atoms with Gasteiger partial charge in [-0.3, -0.25) is 9.59 Å². The van der Waals surface area contributed by atoms with E-state index in [1.165, 1.54) is 4.90 Å². The number of nitrogens with zero attached hydrogens (tertiary/aromatic N) is 3. The van der Waals surface area contributed by atoms with Crippen molar-refractivity contribution in [1.82, 2.24) is 20.4 Å². The van der Waals surface area contributed by atoms with Gasteiger partial charge in [0.15, 0.2) is 5.96 Å². The molecule has 2 atom stereocenters. The van der Waals surface area contributed by atoms with E-state index in [2.05, 4.69) is 34.7 Å². The van der Waals surface area contributed by atoms with Crippen molar-refractivity contribution in [3.05, 3.63) is 35.9 Å². The number of nitrogens with one attached hydrogen (secondary N) is 2. The molecule has 1 aromatic rings. The lowest BCUT2D eigenvalue weighted by atomic mass is 10.1. The predicted octanol–water partition coefficient (Wildman–Crippen LogP) is 2.00. The van der Waals surface area contributed by atoms with Gasteiger partial charge in [-0.05, 0) is 25.3 Å². The molecule has 2 fully saturated rings. The fourth-order valence-electron chi connectivity index (χ4n) is 3.40. The summed E-state index contributed by atoms with van der Waals surface area (Å²) in [6.45, 7) is 3.63. The van der Waals surface area contributed by atoms with Gasteiger partial charge in [0.1, 0.15) is 6.54 Å². The summed E-state index contributed by atoms with van der Waals surface area (Å²) in [6.07, 6.45) is 2.87. The lowest BCUT2D eigenvalue weighted by molar-refractivity contribution is -0.128. The SMILES string of the molecule is CC(NC(=NCC(=O)N(C)C)NCC1CC(=O)N(C2CC2)C1)c1ccccc1.I. The van der Waals surface area contributed by atoms with Crippen molar-refractivity contribution in [2.45, 2.75) is 38.3 Å². The van der Waals surface area contributed by atoms with Crippen molar-refractivity contribution in [2.24, 2.45) is 10.9 Å². The van der Waals surface area contributed by atoms with E-state index in [1.807, 2.05) is 23.1 Å². The average molecular weight is 513 g/mol. The van der Waals surface area contributed by atoms with E-state index in [4.69, 9.17) is 0 Å². The van der Waals surface area contributed by atoms with Gasteiger partial charge in [0, 0.05) is 45.6 Å². The van der Waals surface area contributed by atoms with Gasteiger partial charge in [0.25, 0.3) is 0 Å². The van der Waals surface area contributed by atoms with Crippen LogP contribution in [0.15, 0.2) is 35.3 Å². The Morgan fingerprint density at radius 3 is 2.59 bits per heavy atom. The Hall–Kier alpha value is -1.84. The van der Waals surface area contributed by atoms with Crippen molar-refractivity contribution in [3.8, 4) is 0 Å². The van der Waals surface area contributed by atoms with Crippen molar-refractivity contribution in [2.75, 3.05) is 33.7 Å². The third-order valence-electron chi connectivity index (χ3n) is 5.31. The first-order chi connectivity index (χ1) is 13.4. The maximum atomic E-state index is 12.2. The Labute approximate surface area is 190 Å². The van der Waals surface area contributed by atoms with Crippen molar-refractivity contribution >= 4 is 41.8 Å². The van der Waals surface area contributed by atoms with Crippen LogP contribution in [0, 0.1) is 5.92 Å². The number of likely N-dealkylation sites (tertiary alicyclic amines) is 1. The average Bonchev–Trinajstić information content (AvgIpc) is 3.46. The molecule has 0 radical (unpaired) electrons. The lowest BCUT2D eigenvalue weighted by Gasteiger charge is -2.21. The summed E-state index contributed by atoms with van der Waals surface area (Å²) in [5.74, 6) is 1.09. The third-order valence-corrected chi connectivity index (χ3v) is 5.31. The minimum Gasteiger partial charge on any atom is -0.356 e. The topological polar surface area (TPSA) is 77.0 Å². The highest BCUT2D eigenvalue weighted by molar-refractivity contribution is 14.0. The molecule has 1 heterocycles. The first-order valence-electron chi connectivity index (χ1n) is 10.0. The number of likely N-dealkylation sites (N-methyl/N-ethyl adjacent to an activating group) is 1. The molecule has 0 spiro atoms. The van der Waals surface area contributed by atoms with E-state index in [0.29, 0.717) is 25.0 Å². The van der Waals surface area contributed by atoms with Gasteiger partial charge >= 0.3 is 0 Å². The quantitative estimate of drug-likeness (QED) is 0.332. The minimum absolute atomic E-state index is 0. The largest absolute Gasteiger partial charge is 0.356 e. The van der Waals surface area contributed by atoms with E-state index in [0.717, 1.165) is 24.9 Å². The van der Waals surface area contributed by atoms with Crippen molar-refractivity contribution < 1.29 is 9.59 Å². The number of halogens is 1. The van der Waals surface area contributed by atoms with Crippen LogP contribution < -0.4 is 10.6 Å². The Morgan fingerprint density at radius 2 is 1.97 bits per heavy atom. The molecule has 2 aliphatic rings. The fourth-order valence-corrected chi connectivity index (χ4v) is 3.40.